The van der Waals surface area contributed by atoms with Crippen molar-refractivity contribution in [1.29, 1.82) is 0 Å². The number of nitrogens with one attached hydrogen (secondary N) is 1. The van der Waals surface area contributed by atoms with Crippen LogP contribution < -0.4 is 5.32 Å². The van der Waals surface area contributed by atoms with Gasteiger partial charge in [0.1, 0.15) is 5.82 Å². The first-order chi connectivity index (χ1) is 8.04. The summed E-state index contributed by atoms with van der Waals surface area (Å²) in [6.45, 7) is 6.83. The predicted molar refractivity (Wildman–Crippen MR) is 73.0 cm³/mol. The van der Waals surface area contributed by atoms with Crippen LogP contribution in [0.15, 0.2) is 16.6 Å². The average molecular weight is 297 g/mol. The fourth-order valence-electron chi connectivity index (χ4n) is 1.88. The minimum Gasteiger partial charge on any atom is -0.385 e. The van der Waals surface area contributed by atoms with Crippen LogP contribution in [0.5, 0.6) is 0 Å². The number of pyridine rings is 1. The van der Waals surface area contributed by atoms with Gasteiger partial charge in [0.25, 0.3) is 0 Å². The van der Waals surface area contributed by atoms with Gasteiger partial charge in [-0.05, 0) is 48.3 Å². The summed E-state index contributed by atoms with van der Waals surface area (Å²) in [5.41, 5.74) is 3.76. The maximum absolute atomic E-state index is 13.5. The van der Waals surface area contributed by atoms with Crippen molar-refractivity contribution < 1.29 is 4.39 Å². The third-order valence-corrected chi connectivity index (χ3v) is 3.48. The molecule has 2 rings (SSSR count). The topological polar surface area (TPSA) is 24.9 Å². The van der Waals surface area contributed by atoms with Crippen LogP contribution in [-0.4, -0.2) is 11.5 Å². The number of fused-ring (bicyclic) bond motifs is 1. The Balaban J connectivity index is 2.83. The van der Waals surface area contributed by atoms with Crippen LogP contribution in [0.25, 0.3) is 10.9 Å². The number of nitrogens with zero attached hydrogens (tertiary/aromatic N) is 1. The summed E-state index contributed by atoms with van der Waals surface area (Å²) in [5, 5.41) is 4.27. The second kappa shape index (κ2) is 4.61. The second-order valence-corrected chi connectivity index (χ2v) is 4.87. The lowest BCUT2D eigenvalue weighted by molar-refractivity contribution is 0.623. The normalized spacial score (nSPS) is 10.9. The van der Waals surface area contributed by atoms with Crippen LogP contribution in [0, 0.1) is 19.7 Å². The highest BCUT2D eigenvalue weighted by molar-refractivity contribution is 9.10. The molecule has 90 valence electrons. The number of aromatic nitrogens is 1. The van der Waals surface area contributed by atoms with Crippen molar-refractivity contribution in [1.82, 2.24) is 4.98 Å². The molecule has 2 aromatic rings. The highest BCUT2D eigenvalue weighted by Gasteiger charge is 2.11. The Kier molecular flexibility index (Phi) is 3.33. The van der Waals surface area contributed by atoms with Crippen LogP contribution in [0.4, 0.5) is 10.1 Å². The fraction of sp³-hybridized carbons (Fsp3) is 0.308. The summed E-state index contributed by atoms with van der Waals surface area (Å²) in [6, 6.07) is 3.24. The van der Waals surface area contributed by atoms with E-state index in [1.165, 1.54) is 6.07 Å². The quantitative estimate of drug-likeness (QED) is 0.899. The van der Waals surface area contributed by atoms with E-state index in [-0.39, 0.29) is 5.82 Å². The fourth-order valence-corrected chi connectivity index (χ4v) is 2.22. The highest BCUT2D eigenvalue weighted by atomic mass is 79.9. The van der Waals surface area contributed by atoms with Crippen LogP contribution in [0.1, 0.15) is 18.2 Å². The largest absolute Gasteiger partial charge is 0.385 e. The van der Waals surface area contributed by atoms with Crippen LogP contribution in [0.3, 0.4) is 0 Å². The van der Waals surface area contributed by atoms with Gasteiger partial charge in [-0.3, -0.25) is 4.98 Å². The van der Waals surface area contributed by atoms with E-state index in [1.54, 1.807) is 6.07 Å². The maximum atomic E-state index is 13.5. The van der Waals surface area contributed by atoms with E-state index < -0.39 is 0 Å². The third-order valence-electron chi connectivity index (χ3n) is 2.87. The van der Waals surface area contributed by atoms with Crippen molar-refractivity contribution in [2.75, 3.05) is 11.9 Å². The number of anilines is 1. The summed E-state index contributed by atoms with van der Waals surface area (Å²) in [7, 11) is 0. The summed E-state index contributed by atoms with van der Waals surface area (Å²) in [5.74, 6) is -0.282. The number of hydrogen-bond acceptors (Lipinski definition) is 2. The summed E-state index contributed by atoms with van der Waals surface area (Å²) in [6.07, 6.45) is 0. The number of halogens is 2. The lowest BCUT2D eigenvalue weighted by atomic mass is 10.1. The first kappa shape index (κ1) is 12.3. The zero-order valence-corrected chi connectivity index (χ0v) is 11.7. The molecule has 0 fully saturated rings. The second-order valence-electron chi connectivity index (χ2n) is 4.01. The monoisotopic (exact) mass is 296 g/mol. The van der Waals surface area contributed by atoms with Gasteiger partial charge in [0.15, 0.2) is 0 Å². The lowest BCUT2D eigenvalue weighted by Gasteiger charge is -2.14. The molecule has 1 N–H and O–H groups in total. The zero-order valence-electron chi connectivity index (χ0n) is 10.1. The third kappa shape index (κ3) is 2.14. The molecule has 0 radical (unpaired) electrons. The van der Waals surface area contributed by atoms with Crippen molar-refractivity contribution in [2.24, 2.45) is 0 Å². The van der Waals surface area contributed by atoms with Crippen LogP contribution in [0.2, 0.25) is 0 Å². The molecule has 1 aromatic heterocycles. The first-order valence-corrected chi connectivity index (χ1v) is 6.33. The molecule has 0 bridgehead atoms. The van der Waals surface area contributed by atoms with E-state index in [4.69, 9.17) is 0 Å². The van der Waals surface area contributed by atoms with Crippen LogP contribution >= 0.6 is 15.9 Å². The van der Waals surface area contributed by atoms with Gasteiger partial charge in [0.2, 0.25) is 0 Å². The lowest BCUT2D eigenvalue weighted by Crippen LogP contribution is -2.03. The summed E-state index contributed by atoms with van der Waals surface area (Å²) < 4.78 is 14.0. The Morgan fingerprint density at radius 1 is 1.35 bits per heavy atom. The van der Waals surface area contributed by atoms with Crippen molar-refractivity contribution in [3.63, 3.8) is 0 Å². The molecule has 0 atom stereocenters. The molecule has 0 unspecified atom stereocenters. The van der Waals surface area contributed by atoms with Gasteiger partial charge in [-0.25, -0.2) is 4.39 Å². The Labute approximate surface area is 108 Å². The Bertz CT molecular complexity index is 576. The van der Waals surface area contributed by atoms with Gasteiger partial charge in [-0.2, -0.15) is 0 Å². The van der Waals surface area contributed by atoms with Gasteiger partial charge in [0.05, 0.1) is 9.99 Å². The minimum absolute atomic E-state index is 0.282. The summed E-state index contributed by atoms with van der Waals surface area (Å²) in [4.78, 5) is 4.42. The number of aryl methyl sites for hydroxylation is 1. The standard InChI is InChI=1S/C13H14BrFN2/c1-4-16-13-7(2)8(3)17-12-6-11(15)10(14)5-9(12)13/h5-6H,4H2,1-3H3,(H,16,17). The molecule has 0 aliphatic rings. The van der Waals surface area contributed by atoms with E-state index in [0.29, 0.717) is 9.99 Å². The predicted octanol–water partition coefficient (Wildman–Crippen LogP) is 4.19. The highest BCUT2D eigenvalue weighted by Crippen LogP contribution is 2.31. The molecule has 17 heavy (non-hydrogen) atoms. The van der Waals surface area contributed by atoms with E-state index in [1.807, 2.05) is 20.8 Å². The molecule has 0 amide bonds. The number of benzene rings is 1. The average Bonchev–Trinajstić information content (AvgIpc) is 2.28. The minimum atomic E-state index is -0.282. The van der Waals surface area contributed by atoms with E-state index in [9.17, 15) is 4.39 Å². The molecule has 0 saturated carbocycles. The van der Waals surface area contributed by atoms with Gasteiger partial charge in [0, 0.05) is 29.4 Å². The van der Waals surface area contributed by atoms with Crippen LogP contribution in [-0.2, 0) is 0 Å². The van der Waals surface area contributed by atoms with Gasteiger partial charge in [-0.15, -0.1) is 0 Å². The molecule has 0 aliphatic carbocycles. The number of rotatable bonds is 2. The summed E-state index contributed by atoms with van der Waals surface area (Å²) >= 11 is 3.21. The Hall–Kier alpha value is -1.16. The van der Waals surface area contributed by atoms with Gasteiger partial charge < -0.3 is 5.32 Å². The molecular weight excluding hydrogens is 283 g/mol. The SMILES string of the molecule is CCNc1c(C)c(C)nc2cc(F)c(Br)cc12. The molecule has 2 nitrogen and oxygen atoms in total. The number of hydrogen-bond donors (Lipinski definition) is 1. The van der Waals surface area contributed by atoms with E-state index >= 15 is 0 Å². The molecule has 0 saturated heterocycles. The van der Waals surface area contributed by atoms with Crippen molar-refractivity contribution in [3.05, 3.63) is 33.7 Å². The Morgan fingerprint density at radius 2 is 2.06 bits per heavy atom. The van der Waals surface area contributed by atoms with Crippen molar-refractivity contribution >= 4 is 32.5 Å². The molecule has 1 aromatic carbocycles. The maximum Gasteiger partial charge on any atom is 0.139 e. The van der Waals surface area contributed by atoms with Crippen molar-refractivity contribution in [2.45, 2.75) is 20.8 Å². The molecule has 0 aliphatic heterocycles. The zero-order chi connectivity index (χ0) is 12.6. The molecule has 4 heteroatoms. The smallest absolute Gasteiger partial charge is 0.139 e. The van der Waals surface area contributed by atoms with E-state index in [2.05, 4.69) is 26.2 Å². The Morgan fingerprint density at radius 3 is 2.71 bits per heavy atom. The van der Waals surface area contributed by atoms with Gasteiger partial charge >= 0.3 is 0 Å². The molecule has 1 heterocycles. The first-order valence-electron chi connectivity index (χ1n) is 5.54. The molecule has 0 spiro atoms. The molecular formula is C13H14BrFN2. The van der Waals surface area contributed by atoms with Gasteiger partial charge in [-0.1, -0.05) is 0 Å². The van der Waals surface area contributed by atoms with Crippen molar-refractivity contribution in [3.8, 4) is 0 Å². The van der Waals surface area contributed by atoms with E-state index in [0.717, 1.165) is 28.9 Å².